The lowest BCUT2D eigenvalue weighted by molar-refractivity contribution is 0.772. The fourth-order valence-electron chi connectivity index (χ4n) is 1.71. The van der Waals surface area contributed by atoms with Crippen molar-refractivity contribution in [3.63, 3.8) is 0 Å². The first-order chi connectivity index (χ1) is 7.15. The van der Waals surface area contributed by atoms with Crippen LogP contribution in [0, 0.1) is 0 Å². The third-order valence-corrected chi connectivity index (χ3v) is 2.69. The number of nitrogens with one attached hydrogen (secondary N) is 1. The zero-order chi connectivity index (χ0) is 11.0. The van der Waals surface area contributed by atoms with Gasteiger partial charge in [-0.3, -0.25) is 4.40 Å². The van der Waals surface area contributed by atoms with Crippen molar-refractivity contribution >= 4 is 22.9 Å². The topological polar surface area (TPSA) is 29.3 Å². The molecule has 0 spiro atoms. The molecule has 0 aliphatic rings. The fraction of sp³-hybridized carbons (Fsp3) is 0.364. The van der Waals surface area contributed by atoms with Gasteiger partial charge in [-0.2, -0.15) is 0 Å². The van der Waals surface area contributed by atoms with Crippen molar-refractivity contribution in [2.75, 3.05) is 12.4 Å². The quantitative estimate of drug-likeness (QED) is 0.848. The Morgan fingerprint density at radius 2 is 2.13 bits per heavy atom. The molecule has 80 valence electrons. The molecule has 2 rings (SSSR count). The molecule has 0 aromatic carbocycles. The highest BCUT2D eigenvalue weighted by Crippen LogP contribution is 2.26. The molecule has 2 heterocycles. The lowest BCUT2D eigenvalue weighted by Crippen LogP contribution is -2.02. The molecule has 1 N–H and O–H groups in total. The lowest BCUT2D eigenvalue weighted by atomic mass is 10.2. The van der Waals surface area contributed by atoms with E-state index in [1.54, 1.807) is 0 Å². The van der Waals surface area contributed by atoms with E-state index in [-0.39, 0.29) is 0 Å². The molecule has 0 saturated heterocycles. The molecule has 0 aliphatic heterocycles. The number of pyridine rings is 1. The third-order valence-electron chi connectivity index (χ3n) is 2.42. The van der Waals surface area contributed by atoms with Gasteiger partial charge in [-0.25, -0.2) is 4.98 Å². The van der Waals surface area contributed by atoms with Crippen LogP contribution in [0.25, 0.3) is 5.52 Å². The van der Waals surface area contributed by atoms with Crippen LogP contribution in [0.5, 0.6) is 0 Å². The summed E-state index contributed by atoms with van der Waals surface area (Å²) < 4.78 is 2.06. The standard InChI is InChI=1S/C11H14ClN3/c1-7(2)11-14-10(12)8-5-4-6-9(13-3)15(8)11/h4-7,13H,1-3H3. The molecule has 0 bridgehead atoms. The Hall–Kier alpha value is -1.22. The van der Waals surface area contributed by atoms with Gasteiger partial charge in [0, 0.05) is 13.0 Å². The second kappa shape index (κ2) is 3.74. The van der Waals surface area contributed by atoms with Crippen LogP contribution in [0.2, 0.25) is 5.15 Å². The normalized spacial score (nSPS) is 11.3. The summed E-state index contributed by atoms with van der Waals surface area (Å²) in [6, 6.07) is 5.96. The summed E-state index contributed by atoms with van der Waals surface area (Å²) in [5, 5.41) is 3.71. The number of hydrogen-bond donors (Lipinski definition) is 1. The molecule has 3 nitrogen and oxygen atoms in total. The number of fused-ring (bicyclic) bond motifs is 1. The molecule has 0 saturated carbocycles. The molecule has 2 aromatic heterocycles. The van der Waals surface area contributed by atoms with Gasteiger partial charge < -0.3 is 5.32 Å². The maximum Gasteiger partial charge on any atom is 0.155 e. The third kappa shape index (κ3) is 1.57. The van der Waals surface area contributed by atoms with Crippen molar-refractivity contribution in [1.29, 1.82) is 0 Å². The van der Waals surface area contributed by atoms with Crippen molar-refractivity contribution in [2.24, 2.45) is 0 Å². The van der Waals surface area contributed by atoms with Gasteiger partial charge in [0.2, 0.25) is 0 Å². The van der Waals surface area contributed by atoms with Gasteiger partial charge in [0.15, 0.2) is 5.15 Å². The van der Waals surface area contributed by atoms with E-state index in [0.717, 1.165) is 17.2 Å². The van der Waals surface area contributed by atoms with Gasteiger partial charge in [0.1, 0.15) is 11.6 Å². The summed E-state index contributed by atoms with van der Waals surface area (Å²) in [7, 11) is 1.90. The van der Waals surface area contributed by atoms with Gasteiger partial charge in [0.05, 0.1) is 5.52 Å². The van der Waals surface area contributed by atoms with Crippen molar-refractivity contribution in [2.45, 2.75) is 19.8 Å². The van der Waals surface area contributed by atoms with Gasteiger partial charge in [0.25, 0.3) is 0 Å². The predicted molar refractivity (Wildman–Crippen MR) is 63.8 cm³/mol. The number of rotatable bonds is 2. The second-order valence-electron chi connectivity index (χ2n) is 3.80. The summed E-state index contributed by atoms with van der Waals surface area (Å²) in [6.07, 6.45) is 0. The number of aromatic nitrogens is 2. The van der Waals surface area contributed by atoms with Crippen molar-refractivity contribution < 1.29 is 0 Å². The highest BCUT2D eigenvalue weighted by molar-refractivity contribution is 6.32. The minimum absolute atomic E-state index is 0.347. The molecular formula is C11H14ClN3. The summed E-state index contributed by atoms with van der Waals surface area (Å²) >= 11 is 6.09. The molecule has 0 radical (unpaired) electrons. The maximum atomic E-state index is 6.09. The van der Waals surface area contributed by atoms with E-state index < -0.39 is 0 Å². The lowest BCUT2D eigenvalue weighted by Gasteiger charge is -2.09. The first-order valence-corrected chi connectivity index (χ1v) is 5.37. The summed E-state index contributed by atoms with van der Waals surface area (Å²) in [6.45, 7) is 4.22. The Labute approximate surface area is 94.1 Å². The average molecular weight is 224 g/mol. The van der Waals surface area contributed by atoms with Crippen LogP contribution in [0.4, 0.5) is 5.82 Å². The Kier molecular flexibility index (Phi) is 2.57. The highest BCUT2D eigenvalue weighted by Gasteiger charge is 2.13. The van der Waals surface area contributed by atoms with Gasteiger partial charge in [-0.05, 0) is 12.1 Å². The monoisotopic (exact) mass is 223 g/mol. The molecule has 4 heteroatoms. The SMILES string of the molecule is CNc1cccc2c(Cl)nc(C(C)C)n12. The smallest absolute Gasteiger partial charge is 0.155 e. The Morgan fingerprint density at radius 3 is 2.73 bits per heavy atom. The molecular weight excluding hydrogens is 210 g/mol. The minimum atomic E-state index is 0.347. The Balaban J connectivity index is 2.82. The van der Waals surface area contributed by atoms with Crippen LogP contribution >= 0.6 is 11.6 Å². The van der Waals surface area contributed by atoms with E-state index >= 15 is 0 Å². The van der Waals surface area contributed by atoms with Crippen LogP contribution in [-0.2, 0) is 0 Å². The first-order valence-electron chi connectivity index (χ1n) is 4.99. The number of halogens is 1. The van der Waals surface area contributed by atoms with E-state index in [1.165, 1.54) is 0 Å². The van der Waals surface area contributed by atoms with E-state index in [2.05, 4.69) is 28.5 Å². The maximum absolute atomic E-state index is 6.09. The largest absolute Gasteiger partial charge is 0.374 e. The second-order valence-corrected chi connectivity index (χ2v) is 4.16. The highest BCUT2D eigenvalue weighted by atomic mass is 35.5. The van der Waals surface area contributed by atoms with Crippen LogP contribution in [-0.4, -0.2) is 16.4 Å². The molecule has 0 atom stereocenters. The summed E-state index contributed by atoms with van der Waals surface area (Å²) in [4.78, 5) is 4.39. The van der Waals surface area contributed by atoms with E-state index in [9.17, 15) is 0 Å². The van der Waals surface area contributed by atoms with Crippen LogP contribution in [0.3, 0.4) is 0 Å². The van der Waals surface area contributed by atoms with Gasteiger partial charge in [-0.1, -0.05) is 31.5 Å². The van der Waals surface area contributed by atoms with E-state index in [4.69, 9.17) is 11.6 Å². The van der Waals surface area contributed by atoms with Crippen LogP contribution in [0.1, 0.15) is 25.6 Å². The predicted octanol–water partition coefficient (Wildman–Crippen LogP) is 3.15. The van der Waals surface area contributed by atoms with Crippen molar-refractivity contribution in [1.82, 2.24) is 9.38 Å². The molecule has 0 unspecified atom stereocenters. The van der Waals surface area contributed by atoms with E-state index in [0.29, 0.717) is 11.1 Å². The fourth-order valence-corrected chi connectivity index (χ4v) is 1.94. The van der Waals surface area contributed by atoms with Crippen LogP contribution in [0.15, 0.2) is 18.2 Å². The summed E-state index contributed by atoms with van der Waals surface area (Å²) in [5.74, 6) is 2.34. The van der Waals surface area contributed by atoms with Gasteiger partial charge in [-0.15, -0.1) is 0 Å². The summed E-state index contributed by atoms with van der Waals surface area (Å²) in [5.41, 5.74) is 0.951. The Bertz CT molecular complexity index is 488. The molecule has 0 amide bonds. The molecule has 0 aliphatic carbocycles. The number of hydrogen-bond acceptors (Lipinski definition) is 2. The number of imidazole rings is 1. The number of nitrogens with zero attached hydrogens (tertiary/aromatic N) is 2. The van der Waals surface area contributed by atoms with Gasteiger partial charge >= 0.3 is 0 Å². The zero-order valence-electron chi connectivity index (χ0n) is 9.08. The molecule has 2 aromatic rings. The van der Waals surface area contributed by atoms with Crippen molar-refractivity contribution in [3.05, 3.63) is 29.2 Å². The molecule has 15 heavy (non-hydrogen) atoms. The average Bonchev–Trinajstić information content (AvgIpc) is 2.56. The Morgan fingerprint density at radius 1 is 1.40 bits per heavy atom. The first kappa shape index (κ1) is 10.3. The zero-order valence-corrected chi connectivity index (χ0v) is 9.84. The van der Waals surface area contributed by atoms with Crippen LogP contribution < -0.4 is 5.32 Å². The minimum Gasteiger partial charge on any atom is -0.374 e. The molecule has 0 fully saturated rings. The van der Waals surface area contributed by atoms with E-state index in [1.807, 2.05) is 25.2 Å². The van der Waals surface area contributed by atoms with Crippen molar-refractivity contribution in [3.8, 4) is 0 Å². The number of anilines is 1.